The van der Waals surface area contributed by atoms with E-state index in [1.165, 1.54) is 5.56 Å². The molecule has 2 N–H and O–H groups in total. The number of hydrogen-bond acceptors (Lipinski definition) is 5. The van der Waals surface area contributed by atoms with E-state index in [0.717, 1.165) is 6.42 Å². The van der Waals surface area contributed by atoms with Crippen molar-refractivity contribution < 1.29 is 9.53 Å². The lowest BCUT2D eigenvalue weighted by atomic mass is 10.1. The molecule has 96 valence electrons. The van der Waals surface area contributed by atoms with Crippen LogP contribution in [0.2, 0.25) is 0 Å². The summed E-state index contributed by atoms with van der Waals surface area (Å²) in [4.78, 5) is 11.3. The van der Waals surface area contributed by atoms with E-state index in [1.54, 1.807) is 23.1 Å². The van der Waals surface area contributed by atoms with Crippen molar-refractivity contribution in [1.82, 2.24) is 0 Å². The van der Waals surface area contributed by atoms with Gasteiger partial charge in [0.2, 0.25) is 0 Å². The molecule has 2 atom stereocenters. The van der Waals surface area contributed by atoms with Crippen LogP contribution in [0.15, 0.2) is 16.8 Å². The van der Waals surface area contributed by atoms with Crippen molar-refractivity contribution in [3.63, 3.8) is 0 Å². The summed E-state index contributed by atoms with van der Waals surface area (Å²) in [5.41, 5.74) is 7.31. The standard InChI is InChI=1S/C12H19NO2S2/c1-3-10(13)12(9-5-6-16-7-9)17-8-11(14)15-4-2/h5-7,10,12H,3-4,8,13H2,1-2H3. The molecule has 0 saturated heterocycles. The zero-order valence-electron chi connectivity index (χ0n) is 10.2. The Bertz CT molecular complexity index is 327. The summed E-state index contributed by atoms with van der Waals surface area (Å²) in [5.74, 6) is 0.197. The van der Waals surface area contributed by atoms with Crippen LogP contribution in [0, 0.1) is 0 Å². The maximum atomic E-state index is 11.3. The highest BCUT2D eigenvalue weighted by Crippen LogP contribution is 2.33. The minimum atomic E-state index is -0.166. The van der Waals surface area contributed by atoms with E-state index in [2.05, 4.69) is 18.4 Å². The Morgan fingerprint density at radius 2 is 2.35 bits per heavy atom. The van der Waals surface area contributed by atoms with Gasteiger partial charge >= 0.3 is 5.97 Å². The molecule has 0 saturated carbocycles. The normalized spacial score (nSPS) is 14.3. The Morgan fingerprint density at radius 3 is 2.88 bits per heavy atom. The van der Waals surface area contributed by atoms with Gasteiger partial charge in [-0.2, -0.15) is 11.3 Å². The highest BCUT2D eigenvalue weighted by atomic mass is 32.2. The fraction of sp³-hybridized carbons (Fsp3) is 0.583. The van der Waals surface area contributed by atoms with Crippen molar-refractivity contribution in [1.29, 1.82) is 0 Å². The molecule has 17 heavy (non-hydrogen) atoms. The molecule has 0 bridgehead atoms. The highest BCUT2D eigenvalue weighted by Gasteiger charge is 2.20. The van der Waals surface area contributed by atoms with E-state index < -0.39 is 0 Å². The van der Waals surface area contributed by atoms with Gasteiger partial charge in [-0.15, -0.1) is 11.8 Å². The quantitative estimate of drug-likeness (QED) is 0.776. The average molecular weight is 273 g/mol. The van der Waals surface area contributed by atoms with E-state index in [4.69, 9.17) is 10.5 Å². The van der Waals surface area contributed by atoms with Crippen LogP contribution in [0.25, 0.3) is 0 Å². The van der Waals surface area contributed by atoms with Crippen molar-refractivity contribution in [3.05, 3.63) is 22.4 Å². The second-order valence-electron chi connectivity index (χ2n) is 3.67. The number of thioether (sulfide) groups is 1. The molecule has 0 spiro atoms. The smallest absolute Gasteiger partial charge is 0.315 e. The van der Waals surface area contributed by atoms with Crippen LogP contribution in [0.1, 0.15) is 31.1 Å². The molecular formula is C12H19NO2S2. The minimum absolute atomic E-state index is 0.0732. The molecule has 1 aromatic heterocycles. The van der Waals surface area contributed by atoms with E-state index in [9.17, 15) is 4.79 Å². The van der Waals surface area contributed by atoms with Gasteiger partial charge in [-0.3, -0.25) is 4.79 Å². The first kappa shape index (κ1) is 14.5. The fourth-order valence-corrected chi connectivity index (χ4v) is 3.44. The van der Waals surface area contributed by atoms with Crippen LogP contribution >= 0.6 is 23.1 Å². The van der Waals surface area contributed by atoms with Crippen molar-refractivity contribution in [3.8, 4) is 0 Å². The number of esters is 1. The van der Waals surface area contributed by atoms with Crippen LogP contribution in [-0.4, -0.2) is 24.4 Å². The van der Waals surface area contributed by atoms with E-state index in [-0.39, 0.29) is 17.3 Å². The van der Waals surface area contributed by atoms with Crippen molar-refractivity contribution >= 4 is 29.1 Å². The number of carbonyl (C=O) groups excluding carboxylic acids is 1. The molecule has 0 radical (unpaired) electrons. The van der Waals surface area contributed by atoms with Crippen molar-refractivity contribution in [2.24, 2.45) is 5.73 Å². The first-order valence-electron chi connectivity index (χ1n) is 5.73. The summed E-state index contributed by atoms with van der Waals surface area (Å²) >= 11 is 3.22. The molecule has 1 heterocycles. The predicted molar refractivity (Wildman–Crippen MR) is 74.4 cm³/mol. The van der Waals surface area contributed by atoms with Gasteiger partial charge in [0.1, 0.15) is 0 Å². The van der Waals surface area contributed by atoms with Crippen LogP contribution in [0.4, 0.5) is 0 Å². The average Bonchev–Trinajstić information content (AvgIpc) is 2.83. The predicted octanol–water partition coefficient (Wildman–Crippen LogP) is 2.82. The van der Waals surface area contributed by atoms with Crippen LogP contribution in [-0.2, 0) is 9.53 Å². The number of nitrogens with two attached hydrogens (primary N) is 1. The second kappa shape index (κ2) is 7.74. The minimum Gasteiger partial charge on any atom is -0.465 e. The third-order valence-electron chi connectivity index (χ3n) is 2.42. The van der Waals surface area contributed by atoms with Crippen molar-refractivity contribution in [2.75, 3.05) is 12.4 Å². The van der Waals surface area contributed by atoms with E-state index >= 15 is 0 Å². The first-order valence-corrected chi connectivity index (χ1v) is 7.73. The Labute approximate surface area is 111 Å². The molecule has 1 aromatic rings. The molecule has 0 amide bonds. The van der Waals surface area contributed by atoms with Gasteiger partial charge in [0.15, 0.2) is 0 Å². The summed E-state index contributed by atoms with van der Waals surface area (Å²) in [5, 5.41) is 4.31. The largest absolute Gasteiger partial charge is 0.465 e. The van der Waals surface area contributed by atoms with Gasteiger partial charge in [0.05, 0.1) is 12.4 Å². The lowest BCUT2D eigenvalue weighted by Crippen LogP contribution is -2.26. The van der Waals surface area contributed by atoms with Gasteiger partial charge in [0, 0.05) is 11.3 Å². The van der Waals surface area contributed by atoms with Crippen molar-refractivity contribution in [2.45, 2.75) is 31.6 Å². The van der Waals surface area contributed by atoms with Crippen LogP contribution in [0.5, 0.6) is 0 Å². The summed E-state index contributed by atoms with van der Waals surface area (Å²) in [6, 6.07) is 2.15. The summed E-state index contributed by atoms with van der Waals surface area (Å²) in [7, 11) is 0. The molecule has 0 aliphatic heterocycles. The number of thiophene rings is 1. The fourth-order valence-electron chi connectivity index (χ4n) is 1.48. The van der Waals surface area contributed by atoms with E-state index in [1.807, 2.05) is 12.3 Å². The third-order valence-corrected chi connectivity index (χ3v) is 4.50. The molecule has 1 rings (SSSR count). The van der Waals surface area contributed by atoms with Gasteiger partial charge in [-0.05, 0) is 35.7 Å². The number of carbonyl (C=O) groups is 1. The first-order chi connectivity index (χ1) is 8.19. The maximum absolute atomic E-state index is 11.3. The number of hydrogen-bond donors (Lipinski definition) is 1. The lowest BCUT2D eigenvalue weighted by Gasteiger charge is -2.21. The van der Waals surface area contributed by atoms with Gasteiger partial charge < -0.3 is 10.5 Å². The zero-order chi connectivity index (χ0) is 12.7. The molecule has 5 heteroatoms. The Morgan fingerprint density at radius 1 is 1.59 bits per heavy atom. The molecule has 0 aliphatic carbocycles. The molecular weight excluding hydrogens is 254 g/mol. The Hall–Kier alpha value is -0.520. The molecule has 0 aromatic carbocycles. The highest BCUT2D eigenvalue weighted by molar-refractivity contribution is 8.00. The Kier molecular flexibility index (Phi) is 6.62. The molecule has 0 aliphatic rings. The van der Waals surface area contributed by atoms with Gasteiger partial charge in [-0.1, -0.05) is 6.92 Å². The summed E-state index contributed by atoms with van der Waals surface area (Å²) in [6.45, 7) is 4.31. The van der Waals surface area contributed by atoms with Crippen LogP contribution < -0.4 is 5.73 Å². The number of rotatable bonds is 7. The lowest BCUT2D eigenvalue weighted by molar-refractivity contribution is -0.139. The topological polar surface area (TPSA) is 52.3 Å². The SMILES string of the molecule is CCOC(=O)CSC(c1ccsc1)C(N)CC. The van der Waals surface area contributed by atoms with Gasteiger partial charge in [0.25, 0.3) is 0 Å². The number of ether oxygens (including phenoxy) is 1. The molecule has 2 unspecified atom stereocenters. The Balaban J connectivity index is 2.56. The second-order valence-corrected chi connectivity index (χ2v) is 5.58. The van der Waals surface area contributed by atoms with Crippen LogP contribution in [0.3, 0.4) is 0 Å². The molecule has 0 fully saturated rings. The van der Waals surface area contributed by atoms with E-state index in [0.29, 0.717) is 12.4 Å². The monoisotopic (exact) mass is 273 g/mol. The molecule has 3 nitrogen and oxygen atoms in total. The van der Waals surface area contributed by atoms with Gasteiger partial charge in [-0.25, -0.2) is 0 Å². The summed E-state index contributed by atoms with van der Waals surface area (Å²) in [6.07, 6.45) is 0.899. The maximum Gasteiger partial charge on any atom is 0.315 e. The zero-order valence-corrected chi connectivity index (χ0v) is 11.9. The summed E-state index contributed by atoms with van der Waals surface area (Å²) < 4.78 is 4.93. The third kappa shape index (κ3) is 4.69.